The lowest BCUT2D eigenvalue weighted by molar-refractivity contribution is -0.118. The van der Waals surface area contributed by atoms with E-state index in [4.69, 9.17) is 9.47 Å². The number of benzene rings is 2. The summed E-state index contributed by atoms with van der Waals surface area (Å²) < 4.78 is 12.1. The minimum atomic E-state index is -0.220. The summed E-state index contributed by atoms with van der Waals surface area (Å²) in [6.07, 6.45) is 0. The van der Waals surface area contributed by atoms with Gasteiger partial charge in [-0.15, -0.1) is 11.3 Å². The average molecular weight is 342 g/mol. The zero-order valence-electron chi connectivity index (χ0n) is 13.5. The fourth-order valence-electron chi connectivity index (χ4n) is 2.30. The van der Waals surface area contributed by atoms with Crippen LogP contribution in [-0.4, -0.2) is 24.1 Å². The van der Waals surface area contributed by atoms with Gasteiger partial charge in [0.2, 0.25) is 0 Å². The van der Waals surface area contributed by atoms with Crippen molar-refractivity contribution in [3.63, 3.8) is 0 Å². The lowest BCUT2D eigenvalue weighted by atomic mass is 10.3. The first-order valence-corrected chi connectivity index (χ1v) is 8.49. The van der Waals surface area contributed by atoms with Gasteiger partial charge < -0.3 is 14.8 Å². The molecule has 0 atom stereocenters. The smallest absolute Gasteiger partial charge is 0.262 e. The molecular weight excluding hydrogens is 324 g/mol. The van der Waals surface area contributed by atoms with E-state index in [0.29, 0.717) is 18.1 Å². The Hall–Kier alpha value is -2.60. The number of fused-ring (bicyclic) bond motifs is 1. The Morgan fingerprint density at radius 3 is 2.67 bits per heavy atom. The van der Waals surface area contributed by atoms with Gasteiger partial charge in [-0.1, -0.05) is 12.1 Å². The van der Waals surface area contributed by atoms with Crippen LogP contribution in [0.5, 0.6) is 11.5 Å². The van der Waals surface area contributed by atoms with E-state index < -0.39 is 0 Å². The molecule has 0 aliphatic rings. The highest BCUT2D eigenvalue weighted by atomic mass is 32.1. The minimum absolute atomic E-state index is 0.0795. The number of para-hydroxylation sites is 2. The van der Waals surface area contributed by atoms with Gasteiger partial charge in [0, 0.05) is 5.69 Å². The van der Waals surface area contributed by atoms with Crippen LogP contribution in [0.25, 0.3) is 10.2 Å². The van der Waals surface area contributed by atoms with Crippen LogP contribution < -0.4 is 14.8 Å². The first-order valence-electron chi connectivity index (χ1n) is 7.67. The fourth-order valence-corrected chi connectivity index (χ4v) is 3.17. The summed E-state index contributed by atoms with van der Waals surface area (Å²) in [4.78, 5) is 16.5. The molecule has 0 saturated heterocycles. The molecule has 6 heteroatoms. The molecule has 0 aliphatic heterocycles. The number of hydrogen-bond acceptors (Lipinski definition) is 5. The zero-order chi connectivity index (χ0) is 16.9. The van der Waals surface area contributed by atoms with E-state index in [-0.39, 0.29) is 12.5 Å². The van der Waals surface area contributed by atoms with Crippen molar-refractivity contribution in [1.82, 2.24) is 4.98 Å². The molecule has 0 unspecified atom stereocenters. The molecule has 24 heavy (non-hydrogen) atoms. The van der Waals surface area contributed by atoms with E-state index in [0.717, 1.165) is 20.9 Å². The second-order valence-electron chi connectivity index (χ2n) is 5.13. The summed E-state index contributed by atoms with van der Waals surface area (Å²) in [5, 5.41) is 3.84. The molecule has 0 radical (unpaired) electrons. The highest BCUT2D eigenvalue weighted by molar-refractivity contribution is 7.18. The maximum atomic E-state index is 12.1. The monoisotopic (exact) mass is 342 g/mol. The lowest BCUT2D eigenvalue weighted by Crippen LogP contribution is -2.20. The Labute approximate surface area is 144 Å². The quantitative estimate of drug-likeness (QED) is 0.735. The third-order valence-corrected chi connectivity index (χ3v) is 4.22. The Morgan fingerprint density at radius 2 is 1.92 bits per heavy atom. The molecule has 3 rings (SSSR count). The van der Waals surface area contributed by atoms with Crippen molar-refractivity contribution >= 4 is 33.1 Å². The van der Waals surface area contributed by atoms with Crippen LogP contribution >= 0.6 is 11.3 Å². The van der Waals surface area contributed by atoms with Crippen molar-refractivity contribution in [2.45, 2.75) is 13.8 Å². The molecule has 3 aromatic rings. The third-order valence-electron chi connectivity index (χ3n) is 3.29. The number of nitrogens with one attached hydrogen (secondary N) is 1. The van der Waals surface area contributed by atoms with Crippen molar-refractivity contribution in [2.75, 3.05) is 18.5 Å². The number of aromatic nitrogens is 1. The van der Waals surface area contributed by atoms with Gasteiger partial charge in [-0.25, -0.2) is 4.98 Å². The Morgan fingerprint density at radius 1 is 1.17 bits per heavy atom. The van der Waals surface area contributed by atoms with E-state index in [2.05, 4.69) is 10.3 Å². The number of aryl methyl sites for hydroxylation is 1. The molecule has 0 spiro atoms. The summed E-state index contributed by atoms with van der Waals surface area (Å²) >= 11 is 1.60. The number of anilines is 1. The summed E-state index contributed by atoms with van der Waals surface area (Å²) in [6, 6.07) is 13.0. The Balaban J connectivity index is 1.62. The maximum absolute atomic E-state index is 12.1. The number of carbonyl (C=O) groups is 1. The first kappa shape index (κ1) is 16.3. The molecule has 1 N–H and O–H groups in total. The summed E-state index contributed by atoms with van der Waals surface area (Å²) in [7, 11) is 0. The van der Waals surface area contributed by atoms with Gasteiger partial charge in [-0.05, 0) is 44.2 Å². The minimum Gasteiger partial charge on any atom is -0.490 e. The number of nitrogens with zero attached hydrogens (tertiary/aromatic N) is 1. The van der Waals surface area contributed by atoms with E-state index in [1.165, 1.54) is 0 Å². The van der Waals surface area contributed by atoms with Crippen LogP contribution in [0.4, 0.5) is 5.69 Å². The number of thiazole rings is 1. The topological polar surface area (TPSA) is 60.5 Å². The second kappa shape index (κ2) is 7.31. The van der Waals surface area contributed by atoms with Gasteiger partial charge in [-0.3, -0.25) is 4.79 Å². The molecular formula is C18H18N2O3S. The van der Waals surface area contributed by atoms with Crippen LogP contribution in [-0.2, 0) is 4.79 Å². The van der Waals surface area contributed by atoms with Crippen LogP contribution in [0.2, 0.25) is 0 Å². The van der Waals surface area contributed by atoms with Gasteiger partial charge >= 0.3 is 0 Å². The normalized spacial score (nSPS) is 10.6. The Kier molecular flexibility index (Phi) is 4.96. The predicted octanol–water partition coefficient (Wildman–Crippen LogP) is 4.02. The van der Waals surface area contributed by atoms with Gasteiger partial charge in [-0.2, -0.15) is 0 Å². The van der Waals surface area contributed by atoms with E-state index in [1.54, 1.807) is 17.4 Å². The van der Waals surface area contributed by atoms with Gasteiger partial charge in [0.25, 0.3) is 5.91 Å². The predicted molar refractivity (Wildman–Crippen MR) is 96.1 cm³/mol. The zero-order valence-corrected chi connectivity index (χ0v) is 14.4. The standard InChI is InChI=1S/C18H18N2O3S/c1-3-22-15-6-4-5-7-16(15)23-11-18(21)20-13-8-9-14-17(10-13)24-12(2)19-14/h4-10H,3,11H2,1-2H3,(H,20,21). The molecule has 124 valence electrons. The van der Waals surface area contributed by atoms with Crippen molar-refractivity contribution < 1.29 is 14.3 Å². The number of ether oxygens (including phenoxy) is 2. The van der Waals surface area contributed by atoms with Crippen LogP contribution in [0.15, 0.2) is 42.5 Å². The van der Waals surface area contributed by atoms with Crippen molar-refractivity contribution in [2.24, 2.45) is 0 Å². The van der Waals surface area contributed by atoms with Crippen molar-refractivity contribution in [3.8, 4) is 11.5 Å². The SMILES string of the molecule is CCOc1ccccc1OCC(=O)Nc1ccc2nc(C)sc2c1. The van der Waals surface area contributed by atoms with E-state index >= 15 is 0 Å². The number of amides is 1. The molecule has 0 saturated carbocycles. The van der Waals surface area contributed by atoms with Gasteiger partial charge in [0.1, 0.15) is 0 Å². The second-order valence-corrected chi connectivity index (χ2v) is 6.37. The highest BCUT2D eigenvalue weighted by Gasteiger charge is 2.09. The summed E-state index contributed by atoms with van der Waals surface area (Å²) in [5.41, 5.74) is 1.68. The van der Waals surface area contributed by atoms with E-state index in [9.17, 15) is 4.79 Å². The van der Waals surface area contributed by atoms with Crippen molar-refractivity contribution in [3.05, 3.63) is 47.5 Å². The molecule has 5 nitrogen and oxygen atoms in total. The molecule has 2 aromatic carbocycles. The number of rotatable bonds is 6. The maximum Gasteiger partial charge on any atom is 0.262 e. The molecule has 0 fully saturated rings. The number of hydrogen-bond donors (Lipinski definition) is 1. The Bertz CT molecular complexity index is 860. The van der Waals surface area contributed by atoms with Crippen LogP contribution in [0.1, 0.15) is 11.9 Å². The largest absolute Gasteiger partial charge is 0.490 e. The summed E-state index contributed by atoms with van der Waals surface area (Å²) in [6.45, 7) is 4.33. The highest BCUT2D eigenvalue weighted by Crippen LogP contribution is 2.27. The van der Waals surface area contributed by atoms with Gasteiger partial charge in [0.15, 0.2) is 18.1 Å². The van der Waals surface area contributed by atoms with Crippen molar-refractivity contribution in [1.29, 1.82) is 0 Å². The average Bonchev–Trinajstić information content (AvgIpc) is 2.93. The van der Waals surface area contributed by atoms with E-state index in [1.807, 2.05) is 50.2 Å². The van der Waals surface area contributed by atoms with Crippen LogP contribution in [0, 0.1) is 6.92 Å². The molecule has 0 bridgehead atoms. The molecule has 1 amide bonds. The lowest BCUT2D eigenvalue weighted by Gasteiger charge is -2.11. The summed E-state index contributed by atoms with van der Waals surface area (Å²) in [5.74, 6) is 0.972. The molecule has 0 aliphatic carbocycles. The molecule has 1 heterocycles. The first-order chi connectivity index (χ1) is 11.7. The number of carbonyl (C=O) groups excluding carboxylic acids is 1. The molecule has 1 aromatic heterocycles. The van der Waals surface area contributed by atoms with Gasteiger partial charge in [0.05, 0.1) is 21.8 Å². The van der Waals surface area contributed by atoms with Crippen LogP contribution in [0.3, 0.4) is 0 Å². The third kappa shape index (κ3) is 3.83. The fraction of sp³-hybridized carbons (Fsp3) is 0.222.